The van der Waals surface area contributed by atoms with Crippen LogP contribution in [0.5, 0.6) is 0 Å². The van der Waals surface area contributed by atoms with Gasteiger partial charge in [-0.25, -0.2) is 0 Å². The number of hydrogen-bond acceptors (Lipinski definition) is 0. The molecule has 24 heavy (non-hydrogen) atoms. The van der Waals surface area contributed by atoms with Crippen molar-refractivity contribution in [2.24, 2.45) is 11.8 Å². The summed E-state index contributed by atoms with van der Waals surface area (Å²) in [6, 6.07) is 0. The third kappa shape index (κ3) is 3.30. The molecule has 0 nitrogen and oxygen atoms in total. The van der Waals surface area contributed by atoms with E-state index in [4.69, 9.17) is 0 Å². The van der Waals surface area contributed by atoms with Crippen molar-refractivity contribution in [2.45, 2.75) is 67.5 Å². The number of allylic oxidation sites excluding steroid dienone is 8. The second kappa shape index (κ2) is 7.71. The van der Waals surface area contributed by atoms with Crippen molar-refractivity contribution >= 4 is 8.07 Å². The SMILES string of the molecule is CC1=C2C[C](=C1C(C)C)[Zr+2][C]1=C(C(C)C)C(C)=C(C1)[Si]2(C)C.[Cl-].[Cl-]. The van der Waals surface area contributed by atoms with Gasteiger partial charge in [0.2, 0.25) is 0 Å². The molecule has 0 atom stereocenters. The fourth-order valence-corrected chi connectivity index (χ4v) is 14.9. The van der Waals surface area contributed by atoms with Crippen LogP contribution in [0.1, 0.15) is 54.4 Å². The van der Waals surface area contributed by atoms with Gasteiger partial charge in [-0.3, -0.25) is 0 Å². The van der Waals surface area contributed by atoms with Gasteiger partial charge in [0.15, 0.2) is 0 Å². The Morgan fingerprint density at radius 3 is 1.38 bits per heavy atom. The van der Waals surface area contributed by atoms with Gasteiger partial charge < -0.3 is 24.8 Å². The monoisotopic (exact) mass is 458 g/mol. The molecule has 1 aliphatic heterocycles. The van der Waals surface area contributed by atoms with Gasteiger partial charge in [0.1, 0.15) is 0 Å². The van der Waals surface area contributed by atoms with Crippen molar-refractivity contribution in [1.29, 1.82) is 0 Å². The second-order valence-corrected chi connectivity index (χ2v) is 16.4. The first-order valence-corrected chi connectivity index (χ1v) is 14.3. The minimum atomic E-state index is -1.45. The predicted octanol–water partition coefficient (Wildman–Crippen LogP) is 0.138. The van der Waals surface area contributed by atoms with Gasteiger partial charge >= 0.3 is 150 Å². The first-order chi connectivity index (χ1) is 10.2. The number of hydrogen-bond donors (Lipinski definition) is 0. The Morgan fingerprint density at radius 2 is 1.08 bits per heavy atom. The van der Waals surface area contributed by atoms with E-state index in [0.29, 0.717) is 11.8 Å². The second-order valence-electron chi connectivity index (χ2n) is 8.40. The van der Waals surface area contributed by atoms with Crippen LogP contribution >= 0.6 is 0 Å². The standard InChI is InChI=1S/C20H30Si.2ClH.Zr/c1-13(2)17-9-11-19(15(17)5)21(7,8)20-12-10-18(14(3)4)16(20)6;;;/h13-14H,11-12H2,1-8H3;2*1H;/q;;;+2/p-2. The normalized spacial score (nSPS) is 21.6. The van der Waals surface area contributed by atoms with E-state index in [0.717, 1.165) is 0 Å². The van der Waals surface area contributed by atoms with Crippen molar-refractivity contribution in [2.75, 3.05) is 0 Å². The third-order valence-corrected chi connectivity index (χ3v) is 13.8. The molecular formula is C20H30Cl2SiZr. The van der Waals surface area contributed by atoms with Gasteiger partial charge in [0, 0.05) is 0 Å². The van der Waals surface area contributed by atoms with Crippen LogP contribution in [-0.4, -0.2) is 8.07 Å². The Labute approximate surface area is 173 Å². The summed E-state index contributed by atoms with van der Waals surface area (Å²) >= 11 is -0.562. The number of rotatable bonds is 2. The first kappa shape index (κ1) is 22.7. The van der Waals surface area contributed by atoms with Crippen LogP contribution in [0.2, 0.25) is 13.1 Å². The molecule has 1 fully saturated rings. The molecule has 4 heteroatoms. The summed E-state index contributed by atoms with van der Waals surface area (Å²) in [6.07, 6.45) is 2.72. The van der Waals surface area contributed by atoms with Crippen LogP contribution in [0.25, 0.3) is 0 Å². The first-order valence-electron chi connectivity index (χ1n) is 8.80. The van der Waals surface area contributed by atoms with Gasteiger partial charge in [0.05, 0.1) is 0 Å². The van der Waals surface area contributed by atoms with Crippen molar-refractivity contribution in [3.05, 3.63) is 39.2 Å². The summed E-state index contributed by atoms with van der Waals surface area (Å²) in [5.74, 6) is 1.43. The quantitative estimate of drug-likeness (QED) is 0.515. The third-order valence-electron chi connectivity index (χ3n) is 6.04. The Balaban J connectivity index is 0.00000144. The molecule has 4 bridgehead atoms. The fourth-order valence-electron chi connectivity index (χ4n) is 5.12. The average molecular weight is 461 g/mol. The molecule has 0 unspecified atom stereocenters. The molecule has 0 aromatic carbocycles. The zero-order chi connectivity index (χ0) is 16.4. The zero-order valence-electron chi connectivity index (χ0n) is 16.3. The molecule has 0 spiro atoms. The maximum atomic E-state index is 2.63. The maximum Gasteiger partial charge on any atom is -1.00 e. The number of halogens is 2. The molecule has 0 aromatic heterocycles. The molecule has 0 N–H and O–H groups in total. The summed E-state index contributed by atoms with van der Waals surface area (Å²) in [7, 11) is -1.45. The Morgan fingerprint density at radius 1 is 0.750 bits per heavy atom. The van der Waals surface area contributed by atoms with Crippen molar-refractivity contribution in [3.8, 4) is 0 Å². The molecule has 0 aromatic rings. The van der Waals surface area contributed by atoms with Gasteiger partial charge in [-0.1, -0.05) is 0 Å². The maximum absolute atomic E-state index is 2.63. The summed E-state index contributed by atoms with van der Waals surface area (Å²) in [5.41, 5.74) is 6.98. The van der Waals surface area contributed by atoms with Crippen LogP contribution < -0.4 is 24.8 Å². The minimum absolute atomic E-state index is 0. The van der Waals surface area contributed by atoms with E-state index in [1.165, 1.54) is 12.8 Å². The van der Waals surface area contributed by atoms with E-state index in [1.54, 1.807) is 22.3 Å². The molecule has 0 radical (unpaired) electrons. The number of fused-ring (bicyclic) bond motifs is 4. The smallest absolute Gasteiger partial charge is 1.00 e. The van der Waals surface area contributed by atoms with Crippen LogP contribution in [0, 0.1) is 11.8 Å². The Hall–Kier alpha value is 0.640. The van der Waals surface area contributed by atoms with E-state index in [1.807, 2.05) is 17.0 Å². The van der Waals surface area contributed by atoms with E-state index in [-0.39, 0.29) is 24.8 Å². The summed E-state index contributed by atoms with van der Waals surface area (Å²) in [6.45, 7) is 19.8. The van der Waals surface area contributed by atoms with Crippen LogP contribution in [-0.2, 0) is 23.2 Å². The van der Waals surface area contributed by atoms with Crippen molar-refractivity contribution in [1.82, 2.24) is 0 Å². The summed E-state index contributed by atoms with van der Waals surface area (Å²) < 4.78 is 3.85. The van der Waals surface area contributed by atoms with E-state index in [9.17, 15) is 0 Å². The Bertz CT molecular complexity index is 620. The predicted molar refractivity (Wildman–Crippen MR) is 95.8 cm³/mol. The molecule has 1 saturated heterocycles. The molecule has 1 heterocycles. The molecule has 0 saturated carbocycles. The van der Waals surface area contributed by atoms with E-state index in [2.05, 4.69) is 54.6 Å². The van der Waals surface area contributed by atoms with E-state index < -0.39 is 31.3 Å². The summed E-state index contributed by atoms with van der Waals surface area (Å²) in [4.78, 5) is 0. The van der Waals surface area contributed by atoms with Gasteiger partial charge in [-0.15, -0.1) is 0 Å². The van der Waals surface area contributed by atoms with Crippen LogP contribution in [0.4, 0.5) is 0 Å². The van der Waals surface area contributed by atoms with Gasteiger partial charge in [0.25, 0.3) is 0 Å². The molecular weight excluding hydrogens is 430 g/mol. The van der Waals surface area contributed by atoms with Crippen molar-refractivity contribution in [3.63, 3.8) is 0 Å². The van der Waals surface area contributed by atoms with Crippen LogP contribution in [0.3, 0.4) is 0 Å². The Kier molecular flexibility index (Phi) is 7.29. The molecule has 3 aliphatic rings. The molecule has 0 amide bonds. The topological polar surface area (TPSA) is 0 Å². The summed E-state index contributed by atoms with van der Waals surface area (Å²) in [5, 5.41) is 3.76. The molecule has 132 valence electrons. The molecule has 3 rings (SSSR count). The van der Waals surface area contributed by atoms with Gasteiger partial charge in [-0.2, -0.15) is 0 Å². The van der Waals surface area contributed by atoms with Crippen LogP contribution in [0.15, 0.2) is 39.2 Å². The zero-order valence-corrected chi connectivity index (χ0v) is 21.3. The van der Waals surface area contributed by atoms with Gasteiger partial charge in [-0.05, 0) is 0 Å². The fraction of sp³-hybridized carbons (Fsp3) is 0.600. The van der Waals surface area contributed by atoms with Crippen molar-refractivity contribution < 1.29 is 48.0 Å². The van der Waals surface area contributed by atoms with E-state index >= 15 is 0 Å². The largest absolute Gasteiger partial charge is 1.00 e. The minimum Gasteiger partial charge on any atom is -1.00 e. The molecule has 2 aliphatic carbocycles. The average Bonchev–Trinajstić information content (AvgIpc) is 2.88.